The zero-order chi connectivity index (χ0) is 17.1. The average Bonchev–Trinajstić information content (AvgIpc) is 3.04. The number of nitrogens with two attached hydrogens (primary N) is 1. The third-order valence-corrected chi connectivity index (χ3v) is 4.93. The van der Waals surface area contributed by atoms with E-state index in [9.17, 15) is 9.18 Å². The molecule has 3 N–H and O–H groups in total. The number of hydrogen-bond acceptors (Lipinski definition) is 4. The lowest BCUT2D eigenvalue weighted by Gasteiger charge is -2.36. The van der Waals surface area contributed by atoms with E-state index < -0.39 is 0 Å². The fourth-order valence-electron chi connectivity index (χ4n) is 3.65. The maximum absolute atomic E-state index is 13.3. The number of rotatable bonds is 4. The van der Waals surface area contributed by atoms with Crippen molar-refractivity contribution in [3.8, 4) is 0 Å². The second-order valence-electron chi connectivity index (χ2n) is 6.78. The molecule has 2 heterocycles. The van der Waals surface area contributed by atoms with E-state index in [-0.39, 0.29) is 30.0 Å². The van der Waals surface area contributed by atoms with Crippen LogP contribution in [0.3, 0.4) is 0 Å². The molecular weight excluding hydrogens is 309 g/mol. The standard InChI is InChI=1S/C18H26FN3O2/c1-12-9-13(19)4-6-16(12)22-8-2-3-14(11-22)21-18(23)17-7-5-15(10-20)24-17/h4,6,9,14-15,17H,2-3,5,7-8,10-11,20H2,1H3,(H,21,23)/t14?,15-,17+/m1/s1. The number of ether oxygens (including phenoxy) is 1. The van der Waals surface area contributed by atoms with Gasteiger partial charge in [-0.05, 0) is 56.4 Å². The monoisotopic (exact) mass is 335 g/mol. The van der Waals surface area contributed by atoms with Crippen LogP contribution in [0, 0.1) is 12.7 Å². The number of benzene rings is 1. The molecule has 0 radical (unpaired) electrons. The van der Waals surface area contributed by atoms with Crippen LogP contribution in [0.5, 0.6) is 0 Å². The molecule has 0 aromatic heterocycles. The zero-order valence-corrected chi connectivity index (χ0v) is 14.1. The molecule has 3 rings (SSSR count). The summed E-state index contributed by atoms with van der Waals surface area (Å²) in [7, 11) is 0. The second kappa shape index (κ2) is 7.49. The van der Waals surface area contributed by atoms with Gasteiger partial charge in [0.1, 0.15) is 11.9 Å². The number of carbonyl (C=O) groups excluding carboxylic acids is 1. The summed E-state index contributed by atoms with van der Waals surface area (Å²) in [6, 6.07) is 4.96. The third kappa shape index (κ3) is 3.87. The van der Waals surface area contributed by atoms with E-state index in [0.717, 1.165) is 50.0 Å². The van der Waals surface area contributed by atoms with E-state index in [1.54, 1.807) is 6.07 Å². The van der Waals surface area contributed by atoms with E-state index in [1.165, 1.54) is 6.07 Å². The predicted octanol–water partition coefficient (Wildman–Crippen LogP) is 1.73. The van der Waals surface area contributed by atoms with Gasteiger partial charge in [-0.1, -0.05) is 0 Å². The smallest absolute Gasteiger partial charge is 0.249 e. The average molecular weight is 335 g/mol. The summed E-state index contributed by atoms with van der Waals surface area (Å²) in [4.78, 5) is 14.6. The first kappa shape index (κ1) is 17.2. The van der Waals surface area contributed by atoms with Gasteiger partial charge in [-0.2, -0.15) is 0 Å². The Labute approximate surface area is 142 Å². The maximum atomic E-state index is 13.3. The highest BCUT2D eigenvalue weighted by Gasteiger charge is 2.32. The zero-order valence-electron chi connectivity index (χ0n) is 14.1. The number of halogens is 1. The van der Waals surface area contributed by atoms with E-state index >= 15 is 0 Å². The van der Waals surface area contributed by atoms with E-state index in [4.69, 9.17) is 10.5 Å². The molecule has 2 fully saturated rings. The predicted molar refractivity (Wildman–Crippen MR) is 91.5 cm³/mol. The number of piperidine rings is 1. The van der Waals surface area contributed by atoms with Crippen LogP contribution in [-0.2, 0) is 9.53 Å². The summed E-state index contributed by atoms with van der Waals surface area (Å²) in [5.41, 5.74) is 7.56. The molecule has 5 nitrogen and oxygen atoms in total. The van der Waals surface area contributed by atoms with Crippen molar-refractivity contribution < 1.29 is 13.9 Å². The minimum absolute atomic E-state index is 0.00506. The number of nitrogens with zero attached hydrogens (tertiary/aromatic N) is 1. The molecule has 1 aromatic carbocycles. The van der Waals surface area contributed by atoms with Crippen LogP contribution in [0.4, 0.5) is 10.1 Å². The Kier molecular flexibility index (Phi) is 5.36. The van der Waals surface area contributed by atoms with Crippen molar-refractivity contribution in [2.75, 3.05) is 24.5 Å². The molecule has 1 unspecified atom stereocenters. The molecule has 2 aliphatic heterocycles. The van der Waals surface area contributed by atoms with Gasteiger partial charge in [0.05, 0.1) is 6.10 Å². The van der Waals surface area contributed by atoms with Crippen molar-refractivity contribution in [3.05, 3.63) is 29.6 Å². The lowest BCUT2D eigenvalue weighted by Crippen LogP contribution is -2.50. The van der Waals surface area contributed by atoms with Gasteiger partial charge in [-0.25, -0.2) is 4.39 Å². The molecule has 0 spiro atoms. The van der Waals surface area contributed by atoms with Crippen molar-refractivity contribution in [3.63, 3.8) is 0 Å². The lowest BCUT2D eigenvalue weighted by atomic mass is 10.0. The van der Waals surface area contributed by atoms with Crippen LogP contribution in [0.1, 0.15) is 31.2 Å². The molecule has 132 valence electrons. The maximum Gasteiger partial charge on any atom is 0.249 e. The number of anilines is 1. The summed E-state index contributed by atoms with van der Waals surface area (Å²) >= 11 is 0. The van der Waals surface area contributed by atoms with Gasteiger partial charge in [0, 0.05) is 31.4 Å². The summed E-state index contributed by atoms with van der Waals surface area (Å²) in [5.74, 6) is -0.250. The highest BCUT2D eigenvalue weighted by atomic mass is 19.1. The Bertz CT molecular complexity index is 596. The Morgan fingerprint density at radius 1 is 1.42 bits per heavy atom. The molecule has 0 bridgehead atoms. The number of carbonyl (C=O) groups is 1. The van der Waals surface area contributed by atoms with Crippen LogP contribution in [0.2, 0.25) is 0 Å². The topological polar surface area (TPSA) is 67.6 Å². The summed E-state index contributed by atoms with van der Waals surface area (Å²) in [6.07, 6.45) is 3.17. The molecule has 2 saturated heterocycles. The van der Waals surface area contributed by atoms with Gasteiger partial charge in [-0.15, -0.1) is 0 Å². The Morgan fingerprint density at radius 2 is 2.25 bits per heavy atom. The van der Waals surface area contributed by atoms with E-state index in [2.05, 4.69) is 10.2 Å². The van der Waals surface area contributed by atoms with Crippen molar-refractivity contribution in [2.45, 2.75) is 50.9 Å². The fraction of sp³-hybridized carbons (Fsp3) is 0.611. The normalized spacial score (nSPS) is 27.3. The fourth-order valence-corrected chi connectivity index (χ4v) is 3.65. The highest BCUT2D eigenvalue weighted by Crippen LogP contribution is 2.25. The first-order chi connectivity index (χ1) is 11.6. The third-order valence-electron chi connectivity index (χ3n) is 4.93. The van der Waals surface area contributed by atoms with Gasteiger partial charge in [0.2, 0.25) is 5.91 Å². The number of hydrogen-bond donors (Lipinski definition) is 2. The molecule has 24 heavy (non-hydrogen) atoms. The van der Waals surface area contributed by atoms with Crippen LogP contribution < -0.4 is 16.0 Å². The first-order valence-corrected chi connectivity index (χ1v) is 8.74. The lowest BCUT2D eigenvalue weighted by molar-refractivity contribution is -0.132. The molecule has 0 saturated carbocycles. The van der Waals surface area contributed by atoms with Gasteiger partial charge < -0.3 is 20.7 Å². The minimum atomic E-state index is -0.374. The van der Waals surface area contributed by atoms with Crippen molar-refractivity contribution in [2.24, 2.45) is 5.73 Å². The Balaban J connectivity index is 1.58. The Morgan fingerprint density at radius 3 is 2.96 bits per heavy atom. The molecule has 2 aliphatic rings. The largest absolute Gasteiger partial charge is 0.369 e. The van der Waals surface area contributed by atoms with Crippen molar-refractivity contribution >= 4 is 11.6 Å². The number of amides is 1. The summed E-state index contributed by atoms with van der Waals surface area (Å²) in [6.45, 7) is 4.05. The van der Waals surface area contributed by atoms with Crippen LogP contribution in [-0.4, -0.2) is 43.8 Å². The molecular formula is C18H26FN3O2. The highest BCUT2D eigenvalue weighted by molar-refractivity contribution is 5.81. The van der Waals surface area contributed by atoms with Crippen LogP contribution >= 0.6 is 0 Å². The molecule has 0 aliphatic carbocycles. The minimum Gasteiger partial charge on any atom is -0.369 e. The molecule has 1 aromatic rings. The summed E-state index contributed by atoms with van der Waals surface area (Å²) < 4.78 is 19.0. The number of nitrogens with one attached hydrogen (secondary N) is 1. The Hall–Kier alpha value is -1.66. The molecule has 1 amide bonds. The van der Waals surface area contributed by atoms with Gasteiger partial charge in [0.15, 0.2) is 0 Å². The van der Waals surface area contributed by atoms with Crippen LogP contribution in [0.15, 0.2) is 18.2 Å². The van der Waals surface area contributed by atoms with Crippen molar-refractivity contribution in [1.82, 2.24) is 5.32 Å². The quantitative estimate of drug-likeness (QED) is 0.879. The molecule has 3 atom stereocenters. The van der Waals surface area contributed by atoms with Crippen LogP contribution in [0.25, 0.3) is 0 Å². The first-order valence-electron chi connectivity index (χ1n) is 8.74. The second-order valence-corrected chi connectivity index (χ2v) is 6.78. The molecule has 6 heteroatoms. The SMILES string of the molecule is Cc1cc(F)ccc1N1CCCC(NC(=O)[C@@H]2CC[C@H](CN)O2)C1. The summed E-state index contributed by atoms with van der Waals surface area (Å²) in [5, 5.41) is 3.12. The van der Waals surface area contributed by atoms with E-state index in [0.29, 0.717) is 6.54 Å². The van der Waals surface area contributed by atoms with Gasteiger partial charge >= 0.3 is 0 Å². The number of aryl methyl sites for hydroxylation is 1. The van der Waals surface area contributed by atoms with Crippen molar-refractivity contribution in [1.29, 1.82) is 0 Å². The van der Waals surface area contributed by atoms with E-state index in [1.807, 2.05) is 13.0 Å². The van der Waals surface area contributed by atoms with Gasteiger partial charge in [-0.3, -0.25) is 4.79 Å². The van der Waals surface area contributed by atoms with Gasteiger partial charge in [0.25, 0.3) is 0 Å².